The highest BCUT2D eigenvalue weighted by Crippen LogP contribution is 2.30. The molecule has 1 atom stereocenters. The third-order valence-electron chi connectivity index (χ3n) is 5.11. The van der Waals surface area contributed by atoms with E-state index in [1.54, 1.807) is 6.33 Å². The maximum atomic E-state index is 6.11. The second-order valence-electron chi connectivity index (χ2n) is 7.16. The highest BCUT2D eigenvalue weighted by Gasteiger charge is 2.18. The van der Waals surface area contributed by atoms with Crippen molar-refractivity contribution in [3.8, 4) is 23.1 Å². The van der Waals surface area contributed by atoms with Crippen LogP contribution >= 0.6 is 0 Å². The van der Waals surface area contributed by atoms with E-state index < -0.39 is 0 Å². The number of para-hydroxylation sites is 1. The largest absolute Gasteiger partial charge is 0.457 e. The van der Waals surface area contributed by atoms with Gasteiger partial charge in [-0.05, 0) is 61.9 Å². The molecule has 1 aliphatic heterocycles. The van der Waals surface area contributed by atoms with Crippen LogP contribution in [0.4, 0.5) is 0 Å². The molecule has 1 unspecified atom stereocenters. The third-order valence-corrected chi connectivity index (χ3v) is 5.11. The Balaban J connectivity index is 1.36. The number of hydrogen-bond acceptors (Lipinski definition) is 5. The summed E-state index contributed by atoms with van der Waals surface area (Å²) >= 11 is 0. The molecule has 29 heavy (non-hydrogen) atoms. The van der Waals surface area contributed by atoms with Crippen molar-refractivity contribution in [2.24, 2.45) is 0 Å². The van der Waals surface area contributed by atoms with E-state index in [0.717, 1.165) is 35.6 Å². The van der Waals surface area contributed by atoms with Crippen LogP contribution < -0.4 is 14.8 Å². The highest BCUT2D eigenvalue weighted by atomic mass is 16.5. The van der Waals surface area contributed by atoms with E-state index in [1.807, 2.05) is 60.7 Å². The molecule has 1 saturated heterocycles. The molecule has 1 N–H and O–H groups in total. The Hall–Kier alpha value is -3.38. The number of hydrogen-bond donors (Lipinski definition) is 1. The van der Waals surface area contributed by atoms with Crippen LogP contribution in [-0.2, 0) is 6.54 Å². The van der Waals surface area contributed by atoms with Crippen LogP contribution in [0.25, 0.3) is 11.0 Å². The van der Waals surface area contributed by atoms with Crippen LogP contribution in [0.1, 0.15) is 12.8 Å². The van der Waals surface area contributed by atoms with E-state index in [1.165, 1.54) is 12.8 Å². The van der Waals surface area contributed by atoms with Crippen LogP contribution in [0.15, 0.2) is 73.2 Å². The predicted octanol–water partition coefficient (Wildman–Crippen LogP) is 4.77. The van der Waals surface area contributed by atoms with Gasteiger partial charge in [-0.2, -0.15) is 4.98 Å². The minimum absolute atomic E-state index is 0.480. The Morgan fingerprint density at radius 1 is 0.897 bits per heavy atom. The van der Waals surface area contributed by atoms with E-state index >= 15 is 0 Å². The van der Waals surface area contributed by atoms with Crippen LogP contribution in [0.5, 0.6) is 23.1 Å². The molecule has 0 spiro atoms. The molecule has 6 nitrogen and oxygen atoms in total. The SMILES string of the molecule is c1ccc(Oc2ccc(Oc3ncnc4ccn(CC5CCCN5)c34)cc2)cc1. The highest BCUT2D eigenvalue weighted by molar-refractivity contribution is 5.80. The fraction of sp³-hybridized carbons (Fsp3) is 0.217. The topological polar surface area (TPSA) is 61.2 Å². The van der Waals surface area contributed by atoms with Crippen molar-refractivity contribution in [1.82, 2.24) is 19.9 Å². The normalized spacial score (nSPS) is 16.2. The van der Waals surface area contributed by atoms with Crippen molar-refractivity contribution in [2.75, 3.05) is 6.54 Å². The fourth-order valence-corrected chi connectivity index (χ4v) is 3.69. The van der Waals surface area contributed by atoms with Gasteiger partial charge in [0.05, 0.1) is 5.52 Å². The summed E-state index contributed by atoms with van der Waals surface area (Å²) in [6.07, 6.45) is 6.01. The summed E-state index contributed by atoms with van der Waals surface area (Å²) in [4.78, 5) is 8.78. The molecule has 146 valence electrons. The monoisotopic (exact) mass is 386 g/mol. The minimum Gasteiger partial charge on any atom is -0.457 e. The fourth-order valence-electron chi connectivity index (χ4n) is 3.69. The van der Waals surface area contributed by atoms with Crippen LogP contribution in [0.2, 0.25) is 0 Å². The Morgan fingerprint density at radius 3 is 2.41 bits per heavy atom. The van der Waals surface area contributed by atoms with Gasteiger partial charge in [0.25, 0.3) is 0 Å². The smallest absolute Gasteiger partial charge is 0.247 e. The summed E-state index contributed by atoms with van der Waals surface area (Å²) in [5.41, 5.74) is 1.81. The summed E-state index contributed by atoms with van der Waals surface area (Å²) in [6.45, 7) is 1.97. The van der Waals surface area contributed by atoms with Crippen molar-refractivity contribution < 1.29 is 9.47 Å². The molecule has 0 radical (unpaired) electrons. The lowest BCUT2D eigenvalue weighted by Crippen LogP contribution is -2.26. The Morgan fingerprint density at radius 2 is 1.66 bits per heavy atom. The maximum Gasteiger partial charge on any atom is 0.247 e. The molecule has 1 fully saturated rings. The first-order valence-corrected chi connectivity index (χ1v) is 9.89. The molecule has 1 aliphatic rings. The summed E-state index contributed by atoms with van der Waals surface area (Å²) in [5.74, 6) is 2.83. The lowest BCUT2D eigenvalue weighted by molar-refractivity contribution is 0.454. The van der Waals surface area contributed by atoms with Crippen LogP contribution in [-0.4, -0.2) is 27.1 Å². The molecule has 0 saturated carbocycles. The molecule has 2 aromatic carbocycles. The van der Waals surface area contributed by atoms with Gasteiger partial charge in [-0.25, -0.2) is 4.98 Å². The molecule has 0 bridgehead atoms. The van der Waals surface area contributed by atoms with Gasteiger partial charge in [0.15, 0.2) is 0 Å². The van der Waals surface area contributed by atoms with E-state index in [4.69, 9.17) is 9.47 Å². The van der Waals surface area contributed by atoms with Crippen LogP contribution in [0, 0.1) is 0 Å². The first-order chi connectivity index (χ1) is 14.3. The number of nitrogens with one attached hydrogen (secondary N) is 1. The molecule has 4 aromatic rings. The Bertz CT molecular complexity index is 1090. The zero-order valence-corrected chi connectivity index (χ0v) is 16.0. The first-order valence-electron chi connectivity index (χ1n) is 9.89. The van der Waals surface area contributed by atoms with E-state index in [-0.39, 0.29) is 0 Å². The van der Waals surface area contributed by atoms with Crippen molar-refractivity contribution in [1.29, 1.82) is 0 Å². The number of benzene rings is 2. The summed E-state index contributed by atoms with van der Waals surface area (Å²) in [6, 6.07) is 19.8. The maximum absolute atomic E-state index is 6.11. The van der Waals surface area contributed by atoms with E-state index in [0.29, 0.717) is 17.7 Å². The van der Waals surface area contributed by atoms with Gasteiger partial charge < -0.3 is 19.4 Å². The van der Waals surface area contributed by atoms with Crippen molar-refractivity contribution in [2.45, 2.75) is 25.4 Å². The molecular weight excluding hydrogens is 364 g/mol. The minimum atomic E-state index is 0.480. The van der Waals surface area contributed by atoms with E-state index in [2.05, 4.69) is 26.0 Å². The van der Waals surface area contributed by atoms with Gasteiger partial charge in [-0.1, -0.05) is 18.2 Å². The number of aromatic nitrogens is 3. The first kappa shape index (κ1) is 17.7. The van der Waals surface area contributed by atoms with Gasteiger partial charge in [0, 0.05) is 18.8 Å². The lowest BCUT2D eigenvalue weighted by Gasteiger charge is -2.14. The van der Waals surface area contributed by atoms with Crippen molar-refractivity contribution >= 4 is 11.0 Å². The summed E-state index contributed by atoms with van der Waals surface area (Å²) in [5, 5.41) is 3.54. The molecule has 3 heterocycles. The zero-order chi connectivity index (χ0) is 19.5. The predicted molar refractivity (Wildman–Crippen MR) is 112 cm³/mol. The molecule has 2 aromatic heterocycles. The average Bonchev–Trinajstić information content (AvgIpc) is 3.41. The molecule has 5 rings (SSSR count). The number of fused-ring (bicyclic) bond motifs is 1. The van der Waals surface area contributed by atoms with Crippen molar-refractivity contribution in [3.63, 3.8) is 0 Å². The Labute approximate surface area is 169 Å². The Kier molecular flexibility index (Phi) is 4.84. The average molecular weight is 386 g/mol. The van der Waals surface area contributed by atoms with Gasteiger partial charge in [-0.15, -0.1) is 0 Å². The molecule has 6 heteroatoms. The molecular formula is C23H22N4O2. The quantitative estimate of drug-likeness (QED) is 0.517. The number of rotatable bonds is 6. The zero-order valence-electron chi connectivity index (χ0n) is 16.0. The van der Waals surface area contributed by atoms with Gasteiger partial charge in [-0.3, -0.25) is 0 Å². The number of nitrogens with zero attached hydrogens (tertiary/aromatic N) is 3. The third kappa shape index (κ3) is 3.93. The molecule has 0 amide bonds. The van der Waals surface area contributed by atoms with Crippen LogP contribution in [0.3, 0.4) is 0 Å². The van der Waals surface area contributed by atoms with Gasteiger partial charge in [0.1, 0.15) is 29.1 Å². The van der Waals surface area contributed by atoms with Gasteiger partial charge >= 0.3 is 0 Å². The number of ether oxygens (including phenoxy) is 2. The van der Waals surface area contributed by atoms with Gasteiger partial charge in [0.2, 0.25) is 5.88 Å². The second kappa shape index (κ2) is 7.93. The van der Waals surface area contributed by atoms with E-state index in [9.17, 15) is 0 Å². The standard InChI is InChI=1S/C23H22N4O2/c1-2-6-18(7-3-1)28-19-8-10-20(11-9-19)29-23-22-21(25-16-26-23)12-14-27(22)15-17-5-4-13-24-17/h1-3,6-12,14,16-17,24H,4-5,13,15H2. The van der Waals surface area contributed by atoms with Crippen molar-refractivity contribution in [3.05, 3.63) is 73.2 Å². The summed E-state index contributed by atoms with van der Waals surface area (Å²) in [7, 11) is 0. The molecule has 0 aliphatic carbocycles. The lowest BCUT2D eigenvalue weighted by atomic mass is 10.2. The second-order valence-corrected chi connectivity index (χ2v) is 7.16. The summed E-state index contributed by atoms with van der Waals surface area (Å²) < 4.78 is 14.1.